The molecule has 0 aliphatic rings. The highest BCUT2D eigenvalue weighted by atomic mass is 32.2. The monoisotopic (exact) mass is 293 g/mol. The summed E-state index contributed by atoms with van der Waals surface area (Å²) in [6, 6.07) is 14.4. The summed E-state index contributed by atoms with van der Waals surface area (Å²) in [4.78, 5) is 13.7. The maximum absolute atomic E-state index is 4.23. The van der Waals surface area contributed by atoms with Crippen molar-refractivity contribution in [2.24, 2.45) is 0 Å². The van der Waals surface area contributed by atoms with Crippen LogP contribution in [-0.4, -0.2) is 24.7 Å². The van der Waals surface area contributed by atoms with Crippen molar-refractivity contribution in [2.75, 3.05) is 0 Å². The molecule has 21 heavy (non-hydrogen) atoms. The molecule has 0 bridgehead atoms. The Hall–Kier alpha value is -2.60. The van der Waals surface area contributed by atoms with Gasteiger partial charge in [-0.2, -0.15) is 5.10 Å². The predicted molar refractivity (Wildman–Crippen MR) is 81.6 cm³/mol. The molecule has 0 saturated heterocycles. The van der Waals surface area contributed by atoms with E-state index in [4.69, 9.17) is 0 Å². The van der Waals surface area contributed by atoms with Crippen molar-refractivity contribution in [1.29, 1.82) is 0 Å². The Morgan fingerprint density at radius 3 is 2.67 bits per heavy atom. The topological polar surface area (TPSA) is 59.4 Å². The van der Waals surface area contributed by atoms with E-state index in [1.807, 2.05) is 18.2 Å². The van der Waals surface area contributed by atoms with Crippen LogP contribution in [0.3, 0.4) is 0 Å². The molecule has 0 fully saturated rings. The molecule has 0 spiro atoms. The van der Waals surface area contributed by atoms with Crippen LogP contribution in [0.1, 0.15) is 0 Å². The normalized spacial score (nSPS) is 11.0. The smallest absolute Gasteiger partial charge is 0.138 e. The number of fused-ring (bicyclic) bond motifs is 1. The van der Waals surface area contributed by atoms with Crippen LogP contribution in [0.4, 0.5) is 0 Å². The second kappa shape index (κ2) is 5.06. The average molecular weight is 293 g/mol. The first kappa shape index (κ1) is 12.2. The number of H-pyrrole nitrogens is 1. The number of hydrogen-bond acceptors (Lipinski definition) is 4. The third kappa shape index (κ3) is 2.41. The summed E-state index contributed by atoms with van der Waals surface area (Å²) >= 11 is 1.72. The van der Waals surface area contributed by atoms with Gasteiger partial charge >= 0.3 is 0 Å². The first-order chi connectivity index (χ1) is 10.4. The first-order valence-electron chi connectivity index (χ1n) is 6.44. The predicted octanol–water partition coefficient (Wildman–Crippen LogP) is 3.29. The van der Waals surface area contributed by atoms with Gasteiger partial charge in [0.15, 0.2) is 0 Å². The van der Waals surface area contributed by atoms with Crippen LogP contribution in [-0.2, 0) is 0 Å². The highest BCUT2D eigenvalue weighted by Gasteiger charge is 2.02. The van der Waals surface area contributed by atoms with Crippen LogP contribution in [0.5, 0.6) is 0 Å². The second-order valence-electron chi connectivity index (χ2n) is 4.52. The highest BCUT2D eigenvalue weighted by molar-refractivity contribution is 7.99. The van der Waals surface area contributed by atoms with Gasteiger partial charge in [0.2, 0.25) is 0 Å². The van der Waals surface area contributed by atoms with Crippen molar-refractivity contribution < 1.29 is 0 Å². The van der Waals surface area contributed by atoms with E-state index in [1.165, 1.54) is 16.1 Å². The largest absolute Gasteiger partial charge is 0.345 e. The van der Waals surface area contributed by atoms with Crippen molar-refractivity contribution >= 4 is 22.8 Å². The Morgan fingerprint density at radius 2 is 1.86 bits per heavy atom. The number of imidazole rings is 1. The lowest BCUT2D eigenvalue weighted by Gasteiger charge is -2.04. The molecule has 0 saturated carbocycles. The fraction of sp³-hybridized carbons (Fsp3) is 0. The van der Waals surface area contributed by atoms with Gasteiger partial charge in [-0.25, -0.2) is 14.6 Å². The summed E-state index contributed by atoms with van der Waals surface area (Å²) in [6.45, 7) is 0. The van der Waals surface area contributed by atoms with Gasteiger partial charge in [0, 0.05) is 9.79 Å². The maximum atomic E-state index is 4.23. The van der Waals surface area contributed by atoms with Gasteiger partial charge in [-0.3, -0.25) is 0 Å². The maximum Gasteiger partial charge on any atom is 0.138 e. The molecular weight excluding hydrogens is 282 g/mol. The molecule has 4 aromatic rings. The number of hydrogen-bond donors (Lipinski definition) is 1. The summed E-state index contributed by atoms with van der Waals surface area (Å²) in [7, 11) is 0. The Labute approximate surface area is 125 Å². The summed E-state index contributed by atoms with van der Waals surface area (Å²) in [5, 5.41) is 4.12. The molecule has 2 aromatic heterocycles. The van der Waals surface area contributed by atoms with Gasteiger partial charge in [0.25, 0.3) is 0 Å². The molecule has 1 N–H and O–H groups in total. The van der Waals surface area contributed by atoms with Gasteiger partial charge in [-0.05, 0) is 42.5 Å². The fourth-order valence-corrected chi connectivity index (χ4v) is 2.98. The van der Waals surface area contributed by atoms with Crippen molar-refractivity contribution in [2.45, 2.75) is 9.79 Å². The molecule has 6 heteroatoms. The van der Waals surface area contributed by atoms with E-state index in [-0.39, 0.29) is 0 Å². The zero-order valence-electron chi connectivity index (χ0n) is 11.0. The molecule has 2 aromatic carbocycles. The van der Waals surface area contributed by atoms with Gasteiger partial charge in [-0.1, -0.05) is 11.8 Å². The molecule has 0 aliphatic heterocycles. The minimum atomic E-state index is 0.987. The number of nitrogens with one attached hydrogen (secondary N) is 1. The van der Waals surface area contributed by atoms with Crippen LogP contribution in [0.15, 0.2) is 71.2 Å². The van der Waals surface area contributed by atoms with Crippen LogP contribution in [0.25, 0.3) is 16.7 Å². The van der Waals surface area contributed by atoms with Crippen molar-refractivity contribution in [1.82, 2.24) is 24.7 Å². The van der Waals surface area contributed by atoms with E-state index < -0.39 is 0 Å². The molecule has 0 atom stereocenters. The Bertz CT molecular complexity index is 865. The van der Waals surface area contributed by atoms with E-state index in [1.54, 1.807) is 29.1 Å². The summed E-state index contributed by atoms with van der Waals surface area (Å²) in [6.07, 6.45) is 4.93. The minimum Gasteiger partial charge on any atom is -0.345 e. The first-order valence-corrected chi connectivity index (χ1v) is 7.26. The third-order valence-electron chi connectivity index (χ3n) is 3.15. The van der Waals surface area contributed by atoms with Crippen molar-refractivity contribution in [3.63, 3.8) is 0 Å². The summed E-state index contributed by atoms with van der Waals surface area (Å²) in [5.41, 5.74) is 3.04. The van der Waals surface area contributed by atoms with Gasteiger partial charge in [-0.15, -0.1) is 0 Å². The Balaban J connectivity index is 1.59. The minimum absolute atomic E-state index is 0.987. The SMILES string of the molecule is c1ncn(-c2ccc(Sc3ccc4nc[nH]c4c3)cc2)n1. The molecule has 0 amide bonds. The quantitative estimate of drug-likeness (QED) is 0.629. The van der Waals surface area contributed by atoms with Crippen LogP contribution in [0, 0.1) is 0 Å². The van der Waals surface area contributed by atoms with Gasteiger partial charge in [0.1, 0.15) is 12.7 Å². The molecule has 102 valence electrons. The molecule has 0 radical (unpaired) electrons. The lowest BCUT2D eigenvalue weighted by atomic mass is 10.3. The van der Waals surface area contributed by atoms with E-state index in [0.717, 1.165) is 16.7 Å². The van der Waals surface area contributed by atoms with E-state index in [0.29, 0.717) is 0 Å². The molecular formula is C15H11N5S. The molecule has 0 unspecified atom stereocenters. The van der Waals surface area contributed by atoms with Crippen LogP contribution >= 0.6 is 11.8 Å². The molecule has 0 aliphatic carbocycles. The fourth-order valence-electron chi connectivity index (χ4n) is 2.12. The zero-order valence-corrected chi connectivity index (χ0v) is 11.8. The number of benzene rings is 2. The second-order valence-corrected chi connectivity index (χ2v) is 5.66. The molecule has 5 nitrogen and oxygen atoms in total. The Kier molecular flexibility index (Phi) is 2.93. The lowest BCUT2D eigenvalue weighted by Crippen LogP contribution is -1.93. The highest BCUT2D eigenvalue weighted by Crippen LogP contribution is 2.29. The summed E-state index contributed by atoms with van der Waals surface area (Å²) in [5.74, 6) is 0. The van der Waals surface area contributed by atoms with E-state index >= 15 is 0 Å². The van der Waals surface area contributed by atoms with Gasteiger partial charge in [0.05, 0.1) is 23.0 Å². The zero-order chi connectivity index (χ0) is 14.1. The van der Waals surface area contributed by atoms with Crippen molar-refractivity contribution in [3.05, 3.63) is 61.4 Å². The van der Waals surface area contributed by atoms with E-state index in [2.05, 4.69) is 44.3 Å². The average Bonchev–Trinajstić information content (AvgIpc) is 3.19. The van der Waals surface area contributed by atoms with Gasteiger partial charge < -0.3 is 4.98 Å². The Morgan fingerprint density at radius 1 is 1.00 bits per heavy atom. The van der Waals surface area contributed by atoms with Crippen molar-refractivity contribution in [3.8, 4) is 5.69 Å². The van der Waals surface area contributed by atoms with E-state index in [9.17, 15) is 0 Å². The van der Waals surface area contributed by atoms with Crippen LogP contribution < -0.4 is 0 Å². The standard InChI is InChI=1S/C15H11N5S/c1-3-12(4-2-11(1)20-10-16-8-19-20)21-13-5-6-14-15(7-13)18-9-17-14/h1-10H,(H,17,18). The summed E-state index contributed by atoms with van der Waals surface area (Å²) < 4.78 is 1.74. The number of aromatic nitrogens is 5. The third-order valence-corrected chi connectivity index (χ3v) is 4.14. The number of nitrogens with zero attached hydrogens (tertiary/aromatic N) is 4. The lowest BCUT2D eigenvalue weighted by molar-refractivity contribution is 0.877. The van der Waals surface area contributed by atoms with Crippen LogP contribution in [0.2, 0.25) is 0 Å². The molecule has 2 heterocycles. The molecule has 4 rings (SSSR count). The number of rotatable bonds is 3. The number of aromatic amines is 1.